The molecule has 1 aliphatic carbocycles. The van der Waals surface area contributed by atoms with E-state index in [-0.39, 0.29) is 11.5 Å². The van der Waals surface area contributed by atoms with Gasteiger partial charge >= 0.3 is 0 Å². The second-order valence-corrected chi connectivity index (χ2v) is 8.70. The van der Waals surface area contributed by atoms with Gasteiger partial charge in [0.2, 0.25) is 0 Å². The fraction of sp³-hybridized carbons (Fsp3) is 0.417. The summed E-state index contributed by atoms with van der Waals surface area (Å²) in [6.45, 7) is 2.12. The minimum atomic E-state index is -0.372. The zero-order chi connectivity index (χ0) is 20.1. The molecule has 6 nitrogen and oxygen atoms in total. The highest BCUT2D eigenvalue weighted by molar-refractivity contribution is 5.93. The molecular weight excluding hydrogens is 376 g/mol. The lowest BCUT2D eigenvalue weighted by molar-refractivity contribution is -0.0964. The van der Waals surface area contributed by atoms with E-state index in [2.05, 4.69) is 22.9 Å². The third-order valence-corrected chi connectivity index (χ3v) is 6.79. The largest absolute Gasteiger partial charge is 0.368 e. The Morgan fingerprint density at radius 2 is 1.87 bits per heavy atom. The average Bonchev–Trinajstić information content (AvgIpc) is 3.34. The average molecular weight is 402 g/mol. The van der Waals surface area contributed by atoms with E-state index in [0.717, 1.165) is 36.3 Å². The molecule has 2 fully saturated rings. The van der Waals surface area contributed by atoms with Gasteiger partial charge in [0.25, 0.3) is 5.91 Å². The predicted octanol–water partition coefficient (Wildman–Crippen LogP) is 3.71. The number of rotatable bonds is 3. The minimum absolute atomic E-state index is 0.146. The molecule has 0 bridgehead atoms. The van der Waals surface area contributed by atoms with Gasteiger partial charge in [0.15, 0.2) is 0 Å². The second-order valence-electron chi connectivity index (χ2n) is 8.70. The summed E-state index contributed by atoms with van der Waals surface area (Å²) in [6, 6.07) is 14.7. The van der Waals surface area contributed by atoms with Crippen LogP contribution in [0.1, 0.15) is 53.5 Å². The van der Waals surface area contributed by atoms with Crippen LogP contribution in [0.2, 0.25) is 0 Å². The Kier molecular flexibility index (Phi) is 4.09. The van der Waals surface area contributed by atoms with E-state index in [0.29, 0.717) is 25.7 Å². The van der Waals surface area contributed by atoms with Gasteiger partial charge in [-0.2, -0.15) is 5.10 Å². The number of carbonyl (C=O) groups is 1. The molecule has 154 valence electrons. The number of likely N-dealkylation sites (tertiary alicyclic amines) is 1. The third-order valence-electron chi connectivity index (χ3n) is 6.79. The number of hydrogen-bond acceptors (Lipinski definition) is 3. The molecule has 1 saturated carbocycles. The molecular formula is C24H26N4O2. The maximum absolute atomic E-state index is 13.2. The van der Waals surface area contributed by atoms with Crippen molar-refractivity contribution < 1.29 is 9.53 Å². The van der Waals surface area contributed by atoms with E-state index >= 15 is 0 Å². The van der Waals surface area contributed by atoms with Crippen molar-refractivity contribution in [2.45, 2.75) is 43.7 Å². The summed E-state index contributed by atoms with van der Waals surface area (Å²) in [5.74, 6) is 0.146. The van der Waals surface area contributed by atoms with E-state index in [1.54, 1.807) is 0 Å². The molecule has 4 heterocycles. The van der Waals surface area contributed by atoms with Crippen LogP contribution in [0, 0.1) is 0 Å². The van der Waals surface area contributed by atoms with Crippen molar-refractivity contribution in [3.05, 3.63) is 71.8 Å². The van der Waals surface area contributed by atoms with Crippen LogP contribution in [0.15, 0.2) is 54.9 Å². The highest BCUT2D eigenvalue weighted by Crippen LogP contribution is 2.41. The van der Waals surface area contributed by atoms with E-state index in [9.17, 15) is 4.79 Å². The molecule has 6 heteroatoms. The minimum Gasteiger partial charge on any atom is -0.368 e. The van der Waals surface area contributed by atoms with Crippen molar-refractivity contribution in [1.29, 1.82) is 0 Å². The van der Waals surface area contributed by atoms with Gasteiger partial charge in [0.1, 0.15) is 11.3 Å². The summed E-state index contributed by atoms with van der Waals surface area (Å²) in [6.07, 6.45) is 9.03. The number of hydrogen-bond donors (Lipinski definition) is 0. The normalized spacial score (nSPS) is 20.3. The molecule has 0 atom stereocenters. The van der Waals surface area contributed by atoms with Crippen LogP contribution in [-0.4, -0.2) is 44.9 Å². The first-order valence-corrected chi connectivity index (χ1v) is 11.0. The first-order chi connectivity index (χ1) is 14.7. The van der Waals surface area contributed by atoms with Crippen LogP contribution in [0.4, 0.5) is 0 Å². The molecule has 2 aliphatic heterocycles. The molecule has 6 rings (SSSR count). The molecule has 30 heavy (non-hydrogen) atoms. The Balaban J connectivity index is 1.23. The van der Waals surface area contributed by atoms with Gasteiger partial charge in [-0.15, -0.1) is 0 Å². The number of aromatic nitrogens is 3. The molecule has 0 radical (unpaired) electrons. The summed E-state index contributed by atoms with van der Waals surface area (Å²) in [7, 11) is 0. The van der Waals surface area contributed by atoms with Crippen molar-refractivity contribution in [3.63, 3.8) is 0 Å². The number of fused-ring (bicyclic) bond motifs is 2. The zero-order valence-corrected chi connectivity index (χ0v) is 17.0. The Hall–Kier alpha value is -2.86. The molecule has 1 aromatic carbocycles. The van der Waals surface area contributed by atoms with Gasteiger partial charge < -0.3 is 14.2 Å². The zero-order valence-electron chi connectivity index (χ0n) is 17.0. The summed E-state index contributed by atoms with van der Waals surface area (Å²) < 4.78 is 10.5. The summed E-state index contributed by atoms with van der Waals surface area (Å²) in [5, 5.41) is 4.95. The summed E-state index contributed by atoms with van der Waals surface area (Å²) in [5.41, 5.74) is 3.85. The van der Waals surface area contributed by atoms with Crippen molar-refractivity contribution in [3.8, 4) is 5.69 Å². The summed E-state index contributed by atoms with van der Waals surface area (Å²) >= 11 is 0. The third kappa shape index (κ3) is 2.89. The molecule has 2 aromatic heterocycles. The van der Waals surface area contributed by atoms with Crippen molar-refractivity contribution in [1.82, 2.24) is 19.2 Å². The van der Waals surface area contributed by atoms with Crippen LogP contribution < -0.4 is 0 Å². The van der Waals surface area contributed by atoms with E-state index < -0.39 is 0 Å². The molecule has 0 unspecified atom stereocenters. The van der Waals surface area contributed by atoms with Gasteiger partial charge in [-0.05, 0) is 61.9 Å². The number of nitrogens with zero attached hydrogens (tertiary/aromatic N) is 4. The smallest absolute Gasteiger partial charge is 0.270 e. The molecule has 1 saturated heterocycles. The van der Waals surface area contributed by atoms with Crippen LogP contribution in [0.5, 0.6) is 0 Å². The number of ether oxygens (including phenoxy) is 1. The topological polar surface area (TPSA) is 52.3 Å². The van der Waals surface area contributed by atoms with E-state index in [1.807, 2.05) is 46.1 Å². The van der Waals surface area contributed by atoms with Gasteiger partial charge in [-0.1, -0.05) is 18.2 Å². The summed E-state index contributed by atoms with van der Waals surface area (Å²) in [4.78, 5) is 15.2. The van der Waals surface area contributed by atoms with Crippen molar-refractivity contribution in [2.75, 3.05) is 19.7 Å². The molecule has 0 N–H and O–H groups in total. The Morgan fingerprint density at radius 3 is 2.63 bits per heavy atom. The van der Waals surface area contributed by atoms with Crippen LogP contribution >= 0.6 is 0 Å². The van der Waals surface area contributed by atoms with Crippen molar-refractivity contribution in [2.24, 2.45) is 0 Å². The van der Waals surface area contributed by atoms with Gasteiger partial charge in [0, 0.05) is 31.5 Å². The van der Waals surface area contributed by atoms with Crippen LogP contribution in [0.3, 0.4) is 0 Å². The Labute approximate surface area is 176 Å². The van der Waals surface area contributed by atoms with Gasteiger partial charge in [0.05, 0.1) is 18.0 Å². The number of amides is 1. The second kappa shape index (κ2) is 6.84. The lowest BCUT2D eigenvalue weighted by Gasteiger charge is -2.43. The molecule has 3 aromatic rings. The lowest BCUT2D eigenvalue weighted by atomic mass is 9.83. The van der Waals surface area contributed by atoms with Crippen LogP contribution in [-0.2, 0) is 16.8 Å². The molecule has 1 amide bonds. The predicted molar refractivity (Wildman–Crippen MR) is 113 cm³/mol. The number of carbonyl (C=O) groups excluding carboxylic acids is 1. The Bertz CT molecular complexity index is 1070. The highest BCUT2D eigenvalue weighted by Gasteiger charge is 2.44. The monoisotopic (exact) mass is 402 g/mol. The quantitative estimate of drug-likeness (QED) is 0.671. The first-order valence-electron chi connectivity index (χ1n) is 11.0. The highest BCUT2D eigenvalue weighted by atomic mass is 16.5. The van der Waals surface area contributed by atoms with Gasteiger partial charge in [-0.3, -0.25) is 4.79 Å². The van der Waals surface area contributed by atoms with Crippen molar-refractivity contribution >= 4 is 5.91 Å². The van der Waals surface area contributed by atoms with Gasteiger partial charge in [-0.25, -0.2) is 4.68 Å². The van der Waals surface area contributed by atoms with Crippen LogP contribution in [0.25, 0.3) is 5.69 Å². The Morgan fingerprint density at radius 1 is 1.07 bits per heavy atom. The maximum Gasteiger partial charge on any atom is 0.270 e. The maximum atomic E-state index is 13.2. The number of para-hydroxylation sites is 1. The lowest BCUT2D eigenvalue weighted by Crippen LogP contribution is -2.48. The fourth-order valence-electron chi connectivity index (χ4n) is 4.97. The SMILES string of the molecule is O=C(c1cccn1C1CC1)N1CCC2(CC1)OCCc1cn(-c3ccccc3)nc12. The number of benzene rings is 1. The standard InChI is InChI=1S/C24H26N4O2/c29-23(21-7-4-13-27(21)19-8-9-19)26-14-11-24(12-15-26)22-18(10-16-30-24)17-28(25-22)20-5-2-1-3-6-20/h1-7,13,17,19H,8-12,14-16H2. The van der Waals surface area contributed by atoms with E-state index in [1.165, 1.54) is 18.4 Å². The molecule has 1 spiro atoms. The molecule has 3 aliphatic rings. The first kappa shape index (κ1) is 18.0. The fourth-order valence-corrected chi connectivity index (χ4v) is 4.97. The van der Waals surface area contributed by atoms with E-state index in [4.69, 9.17) is 9.84 Å². The number of piperidine rings is 1.